The van der Waals surface area contributed by atoms with Gasteiger partial charge in [-0.3, -0.25) is 10.1 Å². The minimum Gasteiger partial charge on any atom is -0.380 e. The van der Waals surface area contributed by atoms with Gasteiger partial charge in [-0.05, 0) is 6.92 Å². The lowest BCUT2D eigenvalue weighted by Gasteiger charge is -2.08. The number of hydrogen-bond donors (Lipinski definition) is 1. The largest absolute Gasteiger partial charge is 0.380 e. The molecule has 0 unspecified atom stereocenters. The smallest absolute Gasteiger partial charge is 0.329 e. The first kappa shape index (κ1) is 16.1. The standard InChI is InChI=1S/C13H16F2N2O2Si/c1-5-16-11-8-10(14)9(6-7-20(2,3)4)12(15)13(11)17(18)19/h8,16H,5H2,1-4H3. The molecule has 20 heavy (non-hydrogen) atoms. The van der Waals surface area contributed by atoms with E-state index in [2.05, 4.69) is 16.8 Å². The lowest BCUT2D eigenvalue weighted by molar-refractivity contribution is -0.386. The molecule has 1 N–H and O–H groups in total. The summed E-state index contributed by atoms with van der Waals surface area (Å²) in [7, 11) is -1.84. The van der Waals surface area contributed by atoms with Gasteiger partial charge in [0, 0.05) is 12.6 Å². The third-order valence-electron chi connectivity index (χ3n) is 2.30. The number of hydrogen-bond acceptors (Lipinski definition) is 3. The Morgan fingerprint density at radius 3 is 2.45 bits per heavy atom. The summed E-state index contributed by atoms with van der Waals surface area (Å²) < 4.78 is 28.0. The third kappa shape index (κ3) is 3.77. The van der Waals surface area contributed by atoms with Gasteiger partial charge in [-0.2, -0.15) is 4.39 Å². The third-order valence-corrected chi connectivity index (χ3v) is 3.18. The van der Waals surface area contributed by atoms with Crippen molar-refractivity contribution in [3.8, 4) is 11.5 Å². The first-order valence-electron chi connectivity index (χ1n) is 6.10. The summed E-state index contributed by atoms with van der Waals surface area (Å²) in [6.07, 6.45) is 0. The molecule has 0 bridgehead atoms. The summed E-state index contributed by atoms with van der Waals surface area (Å²) in [5, 5.41) is 13.5. The fourth-order valence-corrected chi connectivity index (χ4v) is 1.98. The van der Waals surface area contributed by atoms with Crippen LogP contribution >= 0.6 is 0 Å². The summed E-state index contributed by atoms with van der Waals surface area (Å²) in [6.45, 7) is 7.74. The van der Waals surface area contributed by atoms with Crippen LogP contribution in [0.3, 0.4) is 0 Å². The predicted octanol–water partition coefficient (Wildman–Crippen LogP) is 3.53. The monoisotopic (exact) mass is 298 g/mol. The minimum absolute atomic E-state index is 0.175. The Hall–Kier alpha value is -1.94. The van der Waals surface area contributed by atoms with Gasteiger partial charge >= 0.3 is 5.69 Å². The van der Waals surface area contributed by atoms with Crippen LogP contribution in [0.25, 0.3) is 0 Å². The van der Waals surface area contributed by atoms with Crippen molar-refractivity contribution in [2.24, 2.45) is 0 Å². The zero-order valence-corrected chi connectivity index (χ0v) is 12.8. The molecule has 0 atom stereocenters. The summed E-state index contributed by atoms with van der Waals surface area (Å²) in [5.41, 5.74) is 1.32. The number of benzene rings is 1. The number of rotatable bonds is 3. The molecule has 1 aromatic rings. The number of anilines is 1. The normalized spacial score (nSPS) is 10.7. The van der Waals surface area contributed by atoms with Gasteiger partial charge in [0.1, 0.15) is 25.1 Å². The van der Waals surface area contributed by atoms with E-state index in [1.54, 1.807) is 6.92 Å². The average molecular weight is 298 g/mol. The molecule has 0 aliphatic heterocycles. The van der Waals surface area contributed by atoms with Gasteiger partial charge in [-0.15, -0.1) is 5.54 Å². The van der Waals surface area contributed by atoms with E-state index in [1.807, 2.05) is 19.6 Å². The molecular weight excluding hydrogens is 282 g/mol. The molecule has 0 saturated heterocycles. The van der Waals surface area contributed by atoms with E-state index in [0.717, 1.165) is 6.07 Å². The highest BCUT2D eigenvalue weighted by molar-refractivity contribution is 6.83. The Morgan fingerprint density at radius 1 is 1.40 bits per heavy atom. The second-order valence-electron chi connectivity index (χ2n) is 5.23. The van der Waals surface area contributed by atoms with Crippen LogP contribution in [0.1, 0.15) is 12.5 Å². The second kappa shape index (κ2) is 6.01. The van der Waals surface area contributed by atoms with E-state index in [-0.39, 0.29) is 5.69 Å². The van der Waals surface area contributed by atoms with Crippen LogP contribution in [0.2, 0.25) is 19.6 Å². The molecule has 0 aromatic heterocycles. The van der Waals surface area contributed by atoms with Crippen LogP contribution in [0.15, 0.2) is 6.07 Å². The highest BCUT2D eigenvalue weighted by Crippen LogP contribution is 2.31. The molecule has 0 amide bonds. The number of nitrogens with one attached hydrogen (secondary N) is 1. The van der Waals surface area contributed by atoms with Gasteiger partial charge in [0.2, 0.25) is 5.82 Å². The summed E-state index contributed by atoms with van der Waals surface area (Å²) >= 11 is 0. The van der Waals surface area contributed by atoms with Crippen LogP contribution in [0.4, 0.5) is 20.2 Å². The van der Waals surface area contributed by atoms with E-state index in [0.29, 0.717) is 6.54 Å². The van der Waals surface area contributed by atoms with Crippen LogP contribution in [0, 0.1) is 33.2 Å². The van der Waals surface area contributed by atoms with Crippen LogP contribution in [0.5, 0.6) is 0 Å². The van der Waals surface area contributed by atoms with Crippen molar-refractivity contribution in [2.75, 3.05) is 11.9 Å². The summed E-state index contributed by atoms with van der Waals surface area (Å²) in [4.78, 5) is 10.1. The first-order valence-corrected chi connectivity index (χ1v) is 9.60. The quantitative estimate of drug-likeness (QED) is 0.402. The topological polar surface area (TPSA) is 55.2 Å². The molecule has 7 heteroatoms. The van der Waals surface area contributed by atoms with Crippen molar-refractivity contribution in [3.05, 3.63) is 33.4 Å². The minimum atomic E-state index is -1.84. The van der Waals surface area contributed by atoms with Crippen molar-refractivity contribution < 1.29 is 13.7 Å². The van der Waals surface area contributed by atoms with E-state index in [1.165, 1.54) is 0 Å². The molecule has 0 saturated carbocycles. The summed E-state index contributed by atoms with van der Waals surface area (Å²) in [6, 6.07) is 0.916. The fourth-order valence-electron chi connectivity index (χ4n) is 1.48. The molecule has 0 aliphatic rings. The van der Waals surface area contributed by atoms with Gasteiger partial charge in [0.25, 0.3) is 0 Å². The van der Waals surface area contributed by atoms with Gasteiger partial charge in [0.15, 0.2) is 0 Å². The summed E-state index contributed by atoms with van der Waals surface area (Å²) in [5.74, 6) is 0.296. The first-order chi connectivity index (χ1) is 9.17. The molecule has 0 fully saturated rings. The highest BCUT2D eigenvalue weighted by Gasteiger charge is 2.26. The molecule has 4 nitrogen and oxygen atoms in total. The van der Waals surface area contributed by atoms with Gasteiger partial charge in [0.05, 0.1) is 4.92 Å². The van der Waals surface area contributed by atoms with Gasteiger partial charge in [-0.25, -0.2) is 4.39 Å². The fraction of sp³-hybridized carbons (Fsp3) is 0.385. The lowest BCUT2D eigenvalue weighted by Crippen LogP contribution is -2.16. The maximum absolute atomic E-state index is 14.1. The Morgan fingerprint density at radius 2 is 2.00 bits per heavy atom. The zero-order valence-electron chi connectivity index (χ0n) is 11.8. The van der Waals surface area contributed by atoms with Crippen LogP contribution in [-0.2, 0) is 0 Å². The van der Waals surface area contributed by atoms with Crippen LogP contribution < -0.4 is 5.32 Å². The average Bonchev–Trinajstić information content (AvgIpc) is 2.26. The number of nitro groups is 1. The van der Waals surface area contributed by atoms with E-state index < -0.39 is 35.9 Å². The Bertz CT molecular complexity index is 601. The maximum Gasteiger partial charge on any atom is 0.329 e. The van der Waals surface area contributed by atoms with Crippen molar-refractivity contribution >= 4 is 19.4 Å². The maximum atomic E-state index is 14.1. The SMILES string of the molecule is CCNc1cc(F)c(C#C[Si](C)(C)C)c(F)c1[N+](=O)[O-]. The van der Waals surface area contributed by atoms with Crippen molar-refractivity contribution in [3.63, 3.8) is 0 Å². The van der Waals surface area contributed by atoms with Crippen molar-refractivity contribution in [1.29, 1.82) is 0 Å². The molecule has 1 aromatic carbocycles. The van der Waals surface area contributed by atoms with E-state index >= 15 is 0 Å². The van der Waals surface area contributed by atoms with Crippen LogP contribution in [-0.4, -0.2) is 19.5 Å². The molecule has 0 aliphatic carbocycles. The highest BCUT2D eigenvalue weighted by atomic mass is 28.3. The number of nitrogens with zero attached hydrogens (tertiary/aromatic N) is 1. The van der Waals surface area contributed by atoms with Gasteiger partial charge < -0.3 is 5.32 Å². The molecule has 0 heterocycles. The lowest BCUT2D eigenvalue weighted by atomic mass is 10.1. The Kier molecular flexibility index (Phi) is 4.84. The number of halogens is 2. The van der Waals surface area contributed by atoms with E-state index in [4.69, 9.17) is 0 Å². The molecule has 108 valence electrons. The van der Waals surface area contributed by atoms with Crippen molar-refractivity contribution in [2.45, 2.75) is 26.6 Å². The Balaban J connectivity index is 3.51. The van der Waals surface area contributed by atoms with Gasteiger partial charge in [-0.1, -0.05) is 25.6 Å². The van der Waals surface area contributed by atoms with E-state index in [9.17, 15) is 18.9 Å². The second-order valence-corrected chi connectivity index (χ2v) is 9.98. The molecule has 0 spiro atoms. The molecule has 0 radical (unpaired) electrons. The number of nitro benzene ring substituents is 1. The molecule has 1 rings (SSSR count). The molecular formula is C13H16F2N2O2Si. The zero-order chi connectivity index (χ0) is 15.5. The van der Waals surface area contributed by atoms with Crippen molar-refractivity contribution in [1.82, 2.24) is 0 Å². The Labute approximate surface area is 117 Å². The predicted molar refractivity (Wildman–Crippen MR) is 77.4 cm³/mol.